The smallest absolute Gasteiger partial charge is 0.303 e. The topological polar surface area (TPSA) is 99.4 Å². The van der Waals surface area contributed by atoms with Crippen molar-refractivity contribution in [2.45, 2.75) is 50.5 Å². The first-order valence-corrected chi connectivity index (χ1v) is 12.3. The highest BCUT2D eigenvalue weighted by Crippen LogP contribution is 2.62. The number of ether oxygens (including phenoxy) is 1. The van der Waals surface area contributed by atoms with Crippen molar-refractivity contribution in [2.75, 3.05) is 5.32 Å². The van der Waals surface area contributed by atoms with Gasteiger partial charge in [-0.2, -0.15) is 5.26 Å². The highest BCUT2D eigenvalue weighted by Gasteiger charge is 2.61. The maximum atomic E-state index is 13.4. The highest BCUT2D eigenvalue weighted by atomic mass is 16.5. The number of rotatable bonds is 9. The van der Waals surface area contributed by atoms with Crippen molar-refractivity contribution in [3.8, 4) is 11.8 Å². The number of amides is 1. The van der Waals surface area contributed by atoms with Gasteiger partial charge in [-0.25, -0.2) is 0 Å². The van der Waals surface area contributed by atoms with Crippen molar-refractivity contribution >= 4 is 17.6 Å². The molecule has 1 fully saturated rings. The van der Waals surface area contributed by atoms with Crippen LogP contribution in [0.15, 0.2) is 66.7 Å². The van der Waals surface area contributed by atoms with Gasteiger partial charge in [0.2, 0.25) is 5.91 Å². The van der Waals surface area contributed by atoms with Crippen LogP contribution in [0.4, 0.5) is 5.69 Å². The predicted molar refractivity (Wildman–Crippen MR) is 136 cm³/mol. The van der Waals surface area contributed by atoms with Crippen LogP contribution in [0.2, 0.25) is 0 Å². The first-order valence-electron chi connectivity index (χ1n) is 12.3. The Bertz CT molecular complexity index is 1340. The van der Waals surface area contributed by atoms with Gasteiger partial charge in [0.25, 0.3) is 0 Å². The normalized spacial score (nSPS) is 19.4. The number of nitrogens with one attached hydrogen (secondary N) is 1. The molecule has 0 heterocycles. The molecule has 0 aliphatic heterocycles. The van der Waals surface area contributed by atoms with Crippen LogP contribution in [0.5, 0.6) is 5.75 Å². The van der Waals surface area contributed by atoms with Crippen LogP contribution in [0, 0.1) is 17.2 Å². The zero-order valence-corrected chi connectivity index (χ0v) is 20.0. The summed E-state index contributed by atoms with van der Waals surface area (Å²) in [5, 5.41) is 21.3. The molecule has 1 spiro atoms. The van der Waals surface area contributed by atoms with Gasteiger partial charge in [0, 0.05) is 23.4 Å². The molecule has 2 atom stereocenters. The summed E-state index contributed by atoms with van der Waals surface area (Å²) in [6, 6.07) is 23.6. The van der Waals surface area contributed by atoms with Gasteiger partial charge in [-0.15, -0.1) is 0 Å². The summed E-state index contributed by atoms with van der Waals surface area (Å²) in [6.45, 7) is 0.496. The quantitative estimate of drug-likeness (QED) is 0.428. The lowest BCUT2D eigenvalue weighted by molar-refractivity contribution is -0.137. The fourth-order valence-electron chi connectivity index (χ4n) is 5.41. The van der Waals surface area contributed by atoms with Gasteiger partial charge in [0.1, 0.15) is 12.4 Å². The average molecular weight is 481 g/mol. The summed E-state index contributed by atoms with van der Waals surface area (Å²) in [4.78, 5) is 24.3. The first kappa shape index (κ1) is 23.6. The Kier molecular flexibility index (Phi) is 6.47. The number of carboxylic acids is 1. The van der Waals surface area contributed by atoms with Crippen LogP contribution in [0.3, 0.4) is 0 Å². The third-order valence-corrected chi connectivity index (χ3v) is 7.43. The second kappa shape index (κ2) is 9.87. The molecule has 182 valence electrons. The van der Waals surface area contributed by atoms with Gasteiger partial charge in [-0.3, -0.25) is 9.59 Å². The molecule has 2 N–H and O–H groups in total. The van der Waals surface area contributed by atoms with E-state index in [0.29, 0.717) is 30.7 Å². The SMILES string of the molecule is N#Cc1ccc(CCCC(=O)O)c(NC(=O)[C@@H]2C[C@]23CCc2ccc(OCc4ccccc4)cc23)c1. The van der Waals surface area contributed by atoms with E-state index in [4.69, 9.17) is 9.84 Å². The Morgan fingerprint density at radius 1 is 1.11 bits per heavy atom. The first-order chi connectivity index (χ1) is 17.5. The maximum Gasteiger partial charge on any atom is 0.303 e. The average Bonchev–Trinajstić information content (AvgIpc) is 3.52. The molecule has 0 bridgehead atoms. The third kappa shape index (κ3) is 4.83. The number of aliphatic carboxylic acids is 1. The molecule has 1 saturated carbocycles. The summed E-state index contributed by atoms with van der Waals surface area (Å²) in [5.74, 6) is -0.220. The fraction of sp³-hybridized carbons (Fsp3) is 0.300. The number of aryl methyl sites for hydroxylation is 2. The lowest BCUT2D eigenvalue weighted by Gasteiger charge is -2.15. The van der Waals surface area contributed by atoms with E-state index < -0.39 is 5.97 Å². The van der Waals surface area contributed by atoms with E-state index >= 15 is 0 Å². The number of benzene rings is 3. The van der Waals surface area contributed by atoms with Crippen LogP contribution in [-0.4, -0.2) is 17.0 Å². The molecule has 0 radical (unpaired) electrons. The molecule has 0 aromatic heterocycles. The van der Waals surface area contributed by atoms with Crippen LogP contribution in [0.1, 0.15) is 53.5 Å². The number of hydrogen-bond acceptors (Lipinski definition) is 4. The van der Waals surface area contributed by atoms with E-state index in [1.54, 1.807) is 18.2 Å². The zero-order valence-electron chi connectivity index (χ0n) is 20.0. The van der Waals surface area contributed by atoms with Crippen molar-refractivity contribution in [1.82, 2.24) is 0 Å². The fourth-order valence-corrected chi connectivity index (χ4v) is 5.41. The van der Waals surface area contributed by atoms with Crippen molar-refractivity contribution in [3.05, 3.63) is 94.5 Å². The standard InChI is InChI=1S/C30H28N2O4/c31-18-21-9-10-23(7-4-8-28(33)34)27(15-21)32-29(35)26-17-30(26)14-13-22-11-12-24(16-25(22)30)36-19-20-5-2-1-3-6-20/h1-3,5-6,9-12,15-16,26H,4,7-8,13-14,17,19H2,(H,32,35)(H,33,34)/t26-,30-/m0/s1. The van der Waals surface area contributed by atoms with Crippen LogP contribution in [0.25, 0.3) is 0 Å². The van der Waals surface area contributed by atoms with E-state index in [1.807, 2.05) is 36.4 Å². The molecule has 2 aliphatic carbocycles. The summed E-state index contributed by atoms with van der Waals surface area (Å²) in [6.07, 6.45) is 3.73. The minimum atomic E-state index is -0.846. The molecule has 3 aromatic carbocycles. The number of anilines is 1. The number of carbonyl (C=O) groups is 2. The predicted octanol–water partition coefficient (Wildman–Crippen LogP) is 5.39. The Morgan fingerprint density at radius 2 is 1.94 bits per heavy atom. The minimum Gasteiger partial charge on any atom is -0.489 e. The molecule has 0 saturated heterocycles. The zero-order chi connectivity index (χ0) is 25.1. The van der Waals surface area contributed by atoms with Gasteiger partial charge in [0.05, 0.1) is 11.6 Å². The largest absolute Gasteiger partial charge is 0.489 e. The van der Waals surface area contributed by atoms with Gasteiger partial charge in [-0.05, 0) is 78.6 Å². The Hall–Kier alpha value is -4.11. The maximum absolute atomic E-state index is 13.4. The third-order valence-electron chi connectivity index (χ3n) is 7.43. The lowest BCUT2D eigenvalue weighted by atomic mass is 9.94. The molecule has 5 rings (SSSR count). The molecular formula is C30H28N2O4. The number of carboxylic acid groups (broad SMARTS) is 1. The summed E-state index contributed by atoms with van der Waals surface area (Å²) < 4.78 is 6.05. The molecule has 2 aliphatic rings. The van der Waals surface area contributed by atoms with Gasteiger partial charge >= 0.3 is 5.97 Å². The number of nitriles is 1. The van der Waals surface area contributed by atoms with E-state index in [9.17, 15) is 14.9 Å². The molecule has 3 aromatic rings. The van der Waals surface area contributed by atoms with E-state index in [0.717, 1.165) is 36.1 Å². The van der Waals surface area contributed by atoms with Gasteiger partial charge < -0.3 is 15.2 Å². The van der Waals surface area contributed by atoms with Gasteiger partial charge in [0.15, 0.2) is 0 Å². The van der Waals surface area contributed by atoms with Crippen LogP contribution in [-0.2, 0) is 34.5 Å². The molecule has 0 unspecified atom stereocenters. The van der Waals surface area contributed by atoms with Crippen molar-refractivity contribution in [2.24, 2.45) is 5.92 Å². The number of carbonyl (C=O) groups excluding carboxylic acids is 1. The molecule has 36 heavy (non-hydrogen) atoms. The van der Waals surface area contributed by atoms with Crippen molar-refractivity contribution in [3.63, 3.8) is 0 Å². The lowest BCUT2D eigenvalue weighted by Crippen LogP contribution is -2.20. The monoisotopic (exact) mass is 480 g/mol. The Labute approximate surface area is 210 Å². The minimum absolute atomic E-state index is 0.0481. The van der Waals surface area contributed by atoms with Crippen molar-refractivity contribution in [1.29, 1.82) is 5.26 Å². The molecule has 1 amide bonds. The second-order valence-electron chi connectivity index (χ2n) is 9.73. The van der Waals surface area contributed by atoms with E-state index in [1.165, 1.54) is 11.1 Å². The number of fused-ring (bicyclic) bond motifs is 2. The molecule has 6 heteroatoms. The van der Waals surface area contributed by atoms with Gasteiger partial charge in [-0.1, -0.05) is 42.5 Å². The molecule has 6 nitrogen and oxygen atoms in total. The van der Waals surface area contributed by atoms with E-state index in [2.05, 4.69) is 23.5 Å². The highest BCUT2D eigenvalue weighted by molar-refractivity contribution is 5.97. The second-order valence-corrected chi connectivity index (χ2v) is 9.73. The van der Waals surface area contributed by atoms with E-state index in [-0.39, 0.29) is 23.7 Å². The number of hydrogen-bond donors (Lipinski definition) is 2. The Balaban J connectivity index is 1.29. The Morgan fingerprint density at radius 3 is 2.72 bits per heavy atom. The number of nitrogens with zero attached hydrogens (tertiary/aromatic N) is 1. The summed E-state index contributed by atoms with van der Waals surface area (Å²) in [5.41, 5.74) is 5.34. The molecular weight excluding hydrogens is 452 g/mol. The van der Waals surface area contributed by atoms with Crippen LogP contribution >= 0.6 is 0 Å². The van der Waals surface area contributed by atoms with Crippen molar-refractivity contribution < 1.29 is 19.4 Å². The van der Waals surface area contributed by atoms with Crippen LogP contribution < -0.4 is 10.1 Å². The summed E-state index contributed by atoms with van der Waals surface area (Å²) in [7, 11) is 0. The summed E-state index contributed by atoms with van der Waals surface area (Å²) >= 11 is 0.